The maximum atomic E-state index is 13.0. The summed E-state index contributed by atoms with van der Waals surface area (Å²) in [6, 6.07) is 10.3. The molecular formula is C22H24F3N3O3. The van der Waals surface area contributed by atoms with Gasteiger partial charge in [-0.3, -0.25) is 9.69 Å². The van der Waals surface area contributed by atoms with Gasteiger partial charge in [0.15, 0.2) is 11.5 Å². The predicted molar refractivity (Wildman–Crippen MR) is 111 cm³/mol. The molecule has 2 aromatic rings. The van der Waals surface area contributed by atoms with Gasteiger partial charge in [-0.1, -0.05) is 6.07 Å². The second-order valence-corrected chi connectivity index (χ2v) is 7.59. The van der Waals surface area contributed by atoms with Crippen LogP contribution >= 0.6 is 0 Å². The van der Waals surface area contributed by atoms with Gasteiger partial charge in [-0.15, -0.1) is 0 Å². The molecule has 1 N–H and O–H groups in total. The van der Waals surface area contributed by atoms with Gasteiger partial charge in [0.05, 0.1) is 11.6 Å². The van der Waals surface area contributed by atoms with Crippen molar-refractivity contribution in [3.05, 3.63) is 48.0 Å². The van der Waals surface area contributed by atoms with Crippen molar-refractivity contribution in [3.8, 4) is 11.5 Å². The van der Waals surface area contributed by atoms with Crippen LogP contribution in [0.4, 0.5) is 24.5 Å². The molecule has 0 aliphatic carbocycles. The van der Waals surface area contributed by atoms with E-state index in [0.717, 1.165) is 6.07 Å². The lowest BCUT2D eigenvalue weighted by Crippen LogP contribution is -2.52. The molecule has 0 unspecified atom stereocenters. The van der Waals surface area contributed by atoms with Crippen LogP contribution in [0.3, 0.4) is 0 Å². The van der Waals surface area contributed by atoms with E-state index in [-0.39, 0.29) is 11.9 Å². The van der Waals surface area contributed by atoms with Crippen LogP contribution in [-0.2, 0) is 11.0 Å². The molecule has 1 amide bonds. The monoisotopic (exact) mass is 435 g/mol. The fraction of sp³-hybridized carbons (Fsp3) is 0.409. The van der Waals surface area contributed by atoms with Gasteiger partial charge in [0.25, 0.3) is 0 Å². The van der Waals surface area contributed by atoms with E-state index in [1.54, 1.807) is 24.3 Å². The van der Waals surface area contributed by atoms with Crippen LogP contribution in [0.15, 0.2) is 42.5 Å². The quantitative estimate of drug-likeness (QED) is 0.795. The molecule has 31 heavy (non-hydrogen) atoms. The summed E-state index contributed by atoms with van der Waals surface area (Å²) in [6.07, 6.45) is -4.36. The number of halogens is 3. The normalized spacial score (nSPS) is 17.9. The first kappa shape index (κ1) is 21.3. The summed E-state index contributed by atoms with van der Waals surface area (Å²) < 4.78 is 50.0. The van der Waals surface area contributed by atoms with Crippen LogP contribution in [0.1, 0.15) is 12.5 Å². The fourth-order valence-corrected chi connectivity index (χ4v) is 3.78. The standard InChI is InChI=1S/C22H24F3N3O3/c1-15(21(29)26-17-5-6-19-20(14-17)31-12-11-30-19)27-7-9-28(10-8-27)18-4-2-3-16(13-18)22(23,24)25/h2-6,13-15H,7-12H2,1H3,(H,26,29)/t15-/m1/s1. The minimum absolute atomic E-state index is 0.149. The number of amides is 1. The lowest BCUT2D eigenvalue weighted by Gasteiger charge is -2.38. The first-order valence-corrected chi connectivity index (χ1v) is 10.2. The molecule has 0 spiro atoms. The maximum absolute atomic E-state index is 13.0. The van der Waals surface area contributed by atoms with E-state index in [1.807, 2.05) is 16.7 Å². The summed E-state index contributed by atoms with van der Waals surface area (Å²) in [5.41, 5.74) is 0.520. The molecule has 9 heteroatoms. The number of rotatable bonds is 4. The van der Waals surface area contributed by atoms with Crippen molar-refractivity contribution in [3.63, 3.8) is 0 Å². The Morgan fingerprint density at radius 1 is 1.00 bits per heavy atom. The fourth-order valence-electron chi connectivity index (χ4n) is 3.78. The number of hydrogen-bond donors (Lipinski definition) is 1. The summed E-state index contributed by atoms with van der Waals surface area (Å²) >= 11 is 0. The lowest BCUT2D eigenvalue weighted by atomic mass is 10.1. The molecular weight excluding hydrogens is 411 g/mol. The molecule has 2 heterocycles. The highest BCUT2D eigenvalue weighted by Crippen LogP contribution is 2.33. The Morgan fingerprint density at radius 3 is 2.42 bits per heavy atom. The first-order valence-electron chi connectivity index (χ1n) is 10.2. The van der Waals surface area contributed by atoms with E-state index < -0.39 is 11.7 Å². The third-order valence-corrected chi connectivity index (χ3v) is 5.59. The number of ether oxygens (including phenoxy) is 2. The summed E-state index contributed by atoms with van der Waals surface area (Å²) in [4.78, 5) is 16.7. The van der Waals surface area contributed by atoms with Crippen molar-refractivity contribution in [1.82, 2.24) is 4.90 Å². The number of fused-ring (bicyclic) bond motifs is 1. The van der Waals surface area contributed by atoms with Crippen LogP contribution in [0.2, 0.25) is 0 Å². The van der Waals surface area contributed by atoms with Crippen LogP contribution < -0.4 is 19.7 Å². The second kappa shape index (κ2) is 8.66. The largest absolute Gasteiger partial charge is 0.486 e. The molecule has 0 saturated carbocycles. The number of benzene rings is 2. The van der Waals surface area contributed by atoms with E-state index in [9.17, 15) is 18.0 Å². The molecule has 1 saturated heterocycles. The van der Waals surface area contributed by atoms with E-state index in [4.69, 9.17) is 9.47 Å². The molecule has 0 bridgehead atoms. The van der Waals surface area contributed by atoms with Gasteiger partial charge in [-0.05, 0) is 37.3 Å². The molecule has 4 rings (SSSR count). The van der Waals surface area contributed by atoms with Gasteiger partial charge in [0, 0.05) is 43.6 Å². The van der Waals surface area contributed by atoms with Crippen LogP contribution in [-0.4, -0.2) is 56.2 Å². The van der Waals surface area contributed by atoms with Gasteiger partial charge in [0.2, 0.25) is 5.91 Å². The van der Waals surface area contributed by atoms with Crippen LogP contribution in [0.5, 0.6) is 11.5 Å². The number of nitrogens with zero attached hydrogens (tertiary/aromatic N) is 2. The number of carbonyl (C=O) groups excluding carboxylic acids is 1. The molecule has 1 fully saturated rings. The summed E-state index contributed by atoms with van der Waals surface area (Å²) in [5.74, 6) is 1.11. The zero-order chi connectivity index (χ0) is 22.0. The molecule has 2 aliphatic rings. The van der Waals surface area contributed by atoms with Crippen molar-refractivity contribution < 1.29 is 27.4 Å². The molecule has 2 aliphatic heterocycles. The molecule has 1 atom stereocenters. The SMILES string of the molecule is C[C@H](C(=O)Nc1ccc2c(c1)OCCO2)N1CCN(c2cccc(C(F)(F)F)c2)CC1. The van der Waals surface area contributed by atoms with E-state index in [1.165, 1.54) is 12.1 Å². The minimum atomic E-state index is -4.36. The molecule has 166 valence electrons. The zero-order valence-electron chi connectivity index (χ0n) is 17.1. The minimum Gasteiger partial charge on any atom is -0.486 e. The Balaban J connectivity index is 1.34. The molecule has 6 nitrogen and oxygen atoms in total. The highest BCUT2D eigenvalue weighted by atomic mass is 19.4. The lowest BCUT2D eigenvalue weighted by molar-refractivity contribution is -0.137. The van der Waals surface area contributed by atoms with Crippen molar-refractivity contribution in [2.45, 2.75) is 19.1 Å². The Hall–Kier alpha value is -2.94. The molecule has 2 aromatic carbocycles. The van der Waals surface area contributed by atoms with Gasteiger partial charge >= 0.3 is 6.18 Å². The first-order chi connectivity index (χ1) is 14.8. The maximum Gasteiger partial charge on any atom is 0.416 e. The smallest absolute Gasteiger partial charge is 0.416 e. The molecule has 0 aromatic heterocycles. The molecule has 0 radical (unpaired) electrons. The number of anilines is 2. The number of hydrogen-bond acceptors (Lipinski definition) is 5. The van der Waals surface area contributed by atoms with E-state index >= 15 is 0 Å². The van der Waals surface area contributed by atoms with Gasteiger partial charge in [0.1, 0.15) is 13.2 Å². The third kappa shape index (κ3) is 4.87. The average molecular weight is 435 g/mol. The number of carbonyl (C=O) groups is 1. The van der Waals surface area contributed by atoms with Gasteiger partial charge in [-0.25, -0.2) is 0 Å². The van der Waals surface area contributed by atoms with Crippen LogP contribution in [0, 0.1) is 0 Å². The Kier molecular flexibility index (Phi) is 5.95. The van der Waals surface area contributed by atoms with Crippen molar-refractivity contribution >= 4 is 17.3 Å². The van der Waals surface area contributed by atoms with Crippen LogP contribution in [0.25, 0.3) is 0 Å². The Labute approximate surface area is 178 Å². The Bertz CT molecular complexity index is 943. The highest BCUT2D eigenvalue weighted by molar-refractivity contribution is 5.94. The number of piperazine rings is 1. The third-order valence-electron chi connectivity index (χ3n) is 5.59. The zero-order valence-corrected chi connectivity index (χ0v) is 17.1. The number of alkyl halides is 3. The highest BCUT2D eigenvalue weighted by Gasteiger charge is 2.31. The number of nitrogens with one attached hydrogen (secondary N) is 1. The summed E-state index contributed by atoms with van der Waals surface area (Å²) in [5, 5.41) is 2.90. The Morgan fingerprint density at radius 2 is 1.71 bits per heavy atom. The van der Waals surface area contributed by atoms with Gasteiger partial charge < -0.3 is 19.7 Å². The van der Waals surface area contributed by atoms with Crippen molar-refractivity contribution in [2.24, 2.45) is 0 Å². The summed E-state index contributed by atoms with van der Waals surface area (Å²) in [6.45, 7) is 5.04. The van der Waals surface area contributed by atoms with Crippen molar-refractivity contribution in [2.75, 3.05) is 49.6 Å². The van der Waals surface area contributed by atoms with Crippen molar-refractivity contribution in [1.29, 1.82) is 0 Å². The van der Waals surface area contributed by atoms with E-state index in [2.05, 4.69) is 5.32 Å². The average Bonchev–Trinajstić information content (AvgIpc) is 2.78. The van der Waals surface area contributed by atoms with E-state index in [0.29, 0.717) is 62.3 Å². The second-order valence-electron chi connectivity index (χ2n) is 7.59. The summed E-state index contributed by atoms with van der Waals surface area (Å²) in [7, 11) is 0. The topological polar surface area (TPSA) is 54.0 Å². The predicted octanol–water partition coefficient (Wildman–Crippen LogP) is 3.63. The van der Waals surface area contributed by atoms with Gasteiger partial charge in [-0.2, -0.15) is 13.2 Å².